The van der Waals surface area contributed by atoms with Gasteiger partial charge in [0.2, 0.25) is 0 Å². The lowest BCUT2D eigenvalue weighted by Crippen LogP contribution is -1.79. The summed E-state index contributed by atoms with van der Waals surface area (Å²) >= 11 is 7.31. The van der Waals surface area contributed by atoms with E-state index >= 15 is 0 Å². The van der Waals surface area contributed by atoms with Gasteiger partial charge in [-0.3, -0.25) is 0 Å². The molecule has 0 spiro atoms. The van der Waals surface area contributed by atoms with Gasteiger partial charge in [-0.1, -0.05) is 18.5 Å². The van der Waals surface area contributed by atoms with Crippen LogP contribution in [0.5, 0.6) is 0 Å². The van der Waals surface area contributed by atoms with Crippen molar-refractivity contribution in [3.63, 3.8) is 0 Å². The molecule has 15 heavy (non-hydrogen) atoms. The van der Waals surface area contributed by atoms with Crippen LogP contribution in [0.25, 0.3) is 10.6 Å². The van der Waals surface area contributed by atoms with Gasteiger partial charge >= 0.3 is 0 Å². The molecular formula is C11H9ClFNS. The number of aryl methyl sites for hydroxylation is 1. The first-order valence-electron chi connectivity index (χ1n) is 4.61. The highest BCUT2D eigenvalue weighted by Crippen LogP contribution is 2.28. The summed E-state index contributed by atoms with van der Waals surface area (Å²) in [6.45, 7) is 2.08. The lowest BCUT2D eigenvalue weighted by atomic mass is 10.2. The van der Waals surface area contributed by atoms with Gasteiger partial charge in [-0.2, -0.15) is 0 Å². The molecule has 0 aliphatic carbocycles. The Kier molecular flexibility index (Phi) is 3.03. The third-order valence-electron chi connectivity index (χ3n) is 2.07. The topological polar surface area (TPSA) is 12.9 Å². The minimum absolute atomic E-state index is 0.140. The molecule has 78 valence electrons. The van der Waals surface area contributed by atoms with E-state index in [1.165, 1.54) is 10.9 Å². The lowest BCUT2D eigenvalue weighted by molar-refractivity contribution is 0.628. The van der Waals surface area contributed by atoms with Crippen molar-refractivity contribution in [2.75, 3.05) is 0 Å². The molecule has 4 heteroatoms. The highest BCUT2D eigenvalue weighted by atomic mass is 35.5. The van der Waals surface area contributed by atoms with Crippen LogP contribution >= 0.6 is 22.9 Å². The van der Waals surface area contributed by atoms with Gasteiger partial charge in [0.25, 0.3) is 0 Å². The Hall–Kier alpha value is -0.930. The first-order chi connectivity index (χ1) is 7.20. The minimum Gasteiger partial charge on any atom is -0.244 e. The van der Waals surface area contributed by atoms with E-state index in [0.717, 1.165) is 17.0 Å². The predicted molar refractivity (Wildman–Crippen MR) is 61.9 cm³/mol. The molecule has 1 aromatic carbocycles. The summed E-state index contributed by atoms with van der Waals surface area (Å²) in [7, 11) is 0. The number of hydrogen-bond donors (Lipinski definition) is 0. The molecule has 0 N–H and O–H groups in total. The van der Waals surface area contributed by atoms with Gasteiger partial charge in [0.05, 0.1) is 5.02 Å². The Morgan fingerprint density at radius 1 is 1.47 bits per heavy atom. The molecule has 0 bridgehead atoms. The van der Waals surface area contributed by atoms with Crippen LogP contribution in [-0.4, -0.2) is 4.98 Å². The van der Waals surface area contributed by atoms with Gasteiger partial charge in [-0.15, -0.1) is 11.3 Å². The predicted octanol–water partition coefficient (Wildman–Crippen LogP) is 4.17. The van der Waals surface area contributed by atoms with Crippen LogP contribution in [0.4, 0.5) is 4.39 Å². The standard InChI is InChI=1S/C11H9ClFNS/c1-2-8-6-14-11(15-8)7-3-4-10(13)9(12)5-7/h3-6H,2H2,1H3. The number of benzene rings is 1. The van der Waals surface area contributed by atoms with E-state index in [-0.39, 0.29) is 5.02 Å². The SMILES string of the molecule is CCc1cnc(-c2ccc(F)c(Cl)c2)s1. The molecule has 2 aromatic rings. The Bertz CT molecular complexity index is 481. The van der Waals surface area contributed by atoms with Gasteiger partial charge < -0.3 is 0 Å². The Balaban J connectivity index is 2.40. The van der Waals surface area contributed by atoms with Gasteiger partial charge in [-0.25, -0.2) is 9.37 Å². The largest absolute Gasteiger partial charge is 0.244 e. The second-order valence-corrected chi connectivity index (χ2v) is 4.64. The van der Waals surface area contributed by atoms with Crippen molar-refractivity contribution in [1.82, 2.24) is 4.98 Å². The van der Waals surface area contributed by atoms with Crippen LogP contribution in [0.2, 0.25) is 5.02 Å². The Morgan fingerprint density at radius 3 is 2.87 bits per heavy atom. The maximum Gasteiger partial charge on any atom is 0.141 e. The Morgan fingerprint density at radius 2 is 2.27 bits per heavy atom. The smallest absolute Gasteiger partial charge is 0.141 e. The molecule has 0 unspecified atom stereocenters. The molecule has 0 aliphatic rings. The summed E-state index contributed by atoms with van der Waals surface area (Å²) < 4.78 is 12.9. The summed E-state index contributed by atoms with van der Waals surface area (Å²) in [4.78, 5) is 5.48. The van der Waals surface area contributed by atoms with E-state index in [1.807, 2.05) is 6.20 Å². The average Bonchev–Trinajstić information content (AvgIpc) is 2.70. The Labute approximate surface area is 96.5 Å². The summed E-state index contributed by atoms with van der Waals surface area (Å²) in [5.74, 6) is -0.396. The molecule has 0 aliphatic heterocycles. The van der Waals surface area contributed by atoms with Crippen molar-refractivity contribution >= 4 is 22.9 Å². The van der Waals surface area contributed by atoms with E-state index in [4.69, 9.17) is 11.6 Å². The zero-order chi connectivity index (χ0) is 10.8. The third kappa shape index (κ3) is 2.19. The van der Waals surface area contributed by atoms with E-state index in [9.17, 15) is 4.39 Å². The summed E-state index contributed by atoms with van der Waals surface area (Å²) in [5.41, 5.74) is 0.867. The maximum atomic E-state index is 12.9. The number of rotatable bonds is 2. The quantitative estimate of drug-likeness (QED) is 0.769. The van der Waals surface area contributed by atoms with Crippen LogP contribution in [0.15, 0.2) is 24.4 Å². The van der Waals surface area contributed by atoms with E-state index in [2.05, 4.69) is 11.9 Å². The third-order valence-corrected chi connectivity index (χ3v) is 3.55. The fraction of sp³-hybridized carbons (Fsp3) is 0.182. The second kappa shape index (κ2) is 4.29. The van der Waals surface area contributed by atoms with E-state index in [1.54, 1.807) is 23.5 Å². The molecule has 0 saturated carbocycles. The molecule has 1 aromatic heterocycles. The van der Waals surface area contributed by atoms with Crippen molar-refractivity contribution in [3.05, 3.63) is 40.1 Å². The minimum atomic E-state index is -0.396. The molecule has 0 saturated heterocycles. The molecule has 2 rings (SSSR count). The zero-order valence-corrected chi connectivity index (χ0v) is 9.70. The summed E-state index contributed by atoms with van der Waals surface area (Å²) in [5, 5.41) is 1.02. The van der Waals surface area contributed by atoms with Crippen molar-refractivity contribution < 1.29 is 4.39 Å². The van der Waals surface area contributed by atoms with Crippen molar-refractivity contribution in [3.8, 4) is 10.6 Å². The van der Waals surface area contributed by atoms with Crippen LogP contribution in [0, 0.1) is 5.82 Å². The molecule has 0 amide bonds. The van der Waals surface area contributed by atoms with Gasteiger partial charge in [0.1, 0.15) is 10.8 Å². The maximum absolute atomic E-state index is 12.9. The second-order valence-electron chi connectivity index (χ2n) is 3.11. The molecule has 1 nitrogen and oxygen atoms in total. The van der Waals surface area contributed by atoms with Gasteiger partial charge in [0.15, 0.2) is 0 Å². The fourth-order valence-electron chi connectivity index (χ4n) is 1.23. The number of halogens is 2. The first kappa shape index (κ1) is 10.6. The van der Waals surface area contributed by atoms with Crippen LogP contribution in [-0.2, 0) is 6.42 Å². The highest BCUT2D eigenvalue weighted by molar-refractivity contribution is 7.15. The van der Waals surface area contributed by atoms with Crippen LogP contribution < -0.4 is 0 Å². The average molecular weight is 242 g/mol. The molecule has 0 radical (unpaired) electrons. The van der Waals surface area contributed by atoms with E-state index in [0.29, 0.717) is 0 Å². The first-order valence-corrected chi connectivity index (χ1v) is 5.80. The molecule has 0 atom stereocenters. The summed E-state index contributed by atoms with van der Waals surface area (Å²) in [6, 6.07) is 4.67. The number of nitrogens with zero attached hydrogens (tertiary/aromatic N) is 1. The van der Waals surface area contributed by atoms with Gasteiger partial charge in [-0.05, 0) is 24.6 Å². The van der Waals surface area contributed by atoms with E-state index < -0.39 is 5.82 Å². The van der Waals surface area contributed by atoms with Crippen molar-refractivity contribution in [2.45, 2.75) is 13.3 Å². The number of thiazole rings is 1. The van der Waals surface area contributed by atoms with Crippen molar-refractivity contribution in [2.24, 2.45) is 0 Å². The zero-order valence-electron chi connectivity index (χ0n) is 8.13. The summed E-state index contributed by atoms with van der Waals surface area (Å²) in [6.07, 6.45) is 2.81. The number of aromatic nitrogens is 1. The van der Waals surface area contributed by atoms with Crippen LogP contribution in [0.3, 0.4) is 0 Å². The normalized spacial score (nSPS) is 10.6. The van der Waals surface area contributed by atoms with Crippen LogP contribution in [0.1, 0.15) is 11.8 Å². The monoisotopic (exact) mass is 241 g/mol. The molecule has 0 fully saturated rings. The molecule has 1 heterocycles. The number of hydrogen-bond acceptors (Lipinski definition) is 2. The lowest BCUT2D eigenvalue weighted by Gasteiger charge is -1.97. The molecular weight excluding hydrogens is 233 g/mol. The fourth-order valence-corrected chi connectivity index (χ4v) is 2.26. The van der Waals surface area contributed by atoms with Crippen molar-refractivity contribution in [1.29, 1.82) is 0 Å². The highest BCUT2D eigenvalue weighted by Gasteiger charge is 2.06. The van der Waals surface area contributed by atoms with Gasteiger partial charge in [0, 0.05) is 16.6 Å².